The Morgan fingerprint density at radius 1 is 1.20 bits per heavy atom. The summed E-state index contributed by atoms with van der Waals surface area (Å²) in [5, 5.41) is 9.65. The van der Waals surface area contributed by atoms with Crippen LogP contribution in [0.5, 0.6) is 5.75 Å². The molecule has 20 heavy (non-hydrogen) atoms. The van der Waals surface area contributed by atoms with Gasteiger partial charge in [-0.15, -0.1) is 0 Å². The third kappa shape index (κ3) is 2.55. The number of carbonyl (C=O) groups excluding carboxylic acids is 2. The smallest absolute Gasteiger partial charge is 0.265 e. The molecule has 0 bridgehead atoms. The zero-order valence-corrected chi connectivity index (χ0v) is 13.7. The highest BCUT2D eigenvalue weighted by Crippen LogP contribution is 2.23. The first-order valence-corrected chi connectivity index (χ1v) is 7.12. The lowest BCUT2D eigenvalue weighted by atomic mass is 10.1. The first-order chi connectivity index (χ1) is 9.32. The van der Waals surface area contributed by atoms with E-state index in [1.54, 1.807) is 12.1 Å². The number of phenolic OH excluding ortho intramolecular Hbond substituents is 1. The largest absolute Gasteiger partial charge is 0.507 e. The molecule has 0 saturated carbocycles. The van der Waals surface area contributed by atoms with Crippen LogP contribution in [0, 0.1) is 3.57 Å². The lowest BCUT2D eigenvalue weighted by molar-refractivity contribution is -0.132. The number of hydrogen-bond donors (Lipinski definition) is 1. The quantitative estimate of drug-likeness (QED) is 0.336. The minimum Gasteiger partial charge on any atom is -0.507 e. The summed E-state index contributed by atoms with van der Waals surface area (Å²) in [6, 6.07) is 4.85. The van der Waals surface area contributed by atoms with Crippen molar-refractivity contribution in [2.75, 3.05) is 14.1 Å². The van der Waals surface area contributed by atoms with Crippen molar-refractivity contribution in [2.24, 2.45) is 0 Å². The third-order valence-electron chi connectivity index (χ3n) is 2.93. The monoisotopic (exact) mass is 402 g/mol. The van der Waals surface area contributed by atoms with E-state index in [0.29, 0.717) is 9.13 Å². The molecular weight excluding hydrogens is 391 g/mol. The molecule has 0 aromatic heterocycles. The van der Waals surface area contributed by atoms with Crippen molar-refractivity contribution >= 4 is 57.8 Å². The number of hydrogen-bond acceptors (Lipinski definition) is 4. The van der Waals surface area contributed by atoms with Crippen molar-refractivity contribution in [3.8, 4) is 5.75 Å². The number of halogens is 1. The number of likely N-dealkylation sites (N-methyl/N-ethyl adjacent to an activating group) is 2. The molecule has 0 spiro atoms. The Bertz CT molecular complexity index is 631. The summed E-state index contributed by atoms with van der Waals surface area (Å²) in [5.41, 5.74) is 0.712. The van der Waals surface area contributed by atoms with Crippen LogP contribution in [0.3, 0.4) is 0 Å². The van der Waals surface area contributed by atoms with E-state index in [0.717, 1.165) is 0 Å². The molecule has 1 aliphatic rings. The molecule has 1 fully saturated rings. The summed E-state index contributed by atoms with van der Waals surface area (Å²) in [6.07, 6.45) is 1.50. The van der Waals surface area contributed by atoms with Crippen LogP contribution in [0.25, 0.3) is 6.08 Å². The summed E-state index contributed by atoms with van der Waals surface area (Å²) in [4.78, 5) is 26.8. The highest BCUT2D eigenvalue weighted by molar-refractivity contribution is 14.1. The number of carbonyl (C=O) groups is 2. The van der Waals surface area contributed by atoms with Crippen LogP contribution in [0.15, 0.2) is 23.8 Å². The lowest BCUT2D eigenvalue weighted by Crippen LogP contribution is -2.52. The number of nitrogens with zero attached hydrogens (tertiary/aromatic N) is 2. The SMILES string of the molecule is CN1C(=O)C(=Cc2ccc(O)c(I)c2)C(=O)N(C)C1=S. The average molecular weight is 402 g/mol. The fraction of sp³-hybridized carbons (Fsp3) is 0.154. The Morgan fingerprint density at radius 2 is 1.75 bits per heavy atom. The number of thiocarbonyl (C=S) groups is 1. The molecular formula is C13H11IN2O3S. The van der Waals surface area contributed by atoms with E-state index in [1.165, 1.54) is 36.0 Å². The topological polar surface area (TPSA) is 60.9 Å². The van der Waals surface area contributed by atoms with Crippen molar-refractivity contribution in [2.45, 2.75) is 0 Å². The van der Waals surface area contributed by atoms with Crippen LogP contribution in [0.1, 0.15) is 5.56 Å². The highest BCUT2D eigenvalue weighted by Gasteiger charge is 2.35. The summed E-state index contributed by atoms with van der Waals surface area (Å²) >= 11 is 6.98. The average Bonchev–Trinajstić information content (AvgIpc) is 2.43. The van der Waals surface area contributed by atoms with E-state index < -0.39 is 11.8 Å². The van der Waals surface area contributed by atoms with E-state index in [1.807, 2.05) is 22.6 Å². The Morgan fingerprint density at radius 3 is 2.25 bits per heavy atom. The molecule has 1 aromatic carbocycles. The van der Waals surface area contributed by atoms with E-state index in [9.17, 15) is 14.7 Å². The lowest BCUT2D eigenvalue weighted by Gasteiger charge is -2.31. The first-order valence-electron chi connectivity index (χ1n) is 5.63. The summed E-state index contributed by atoms with van der Waals surface area (Å²) in [5.74, 6) is -0.702. The van der Waals surface area contributed by atoms with Gasteiger partial charge in [0.1, 0.15) is 11.3 Å². The van der Waals surface area contributed by atoms with Gasteiger partial charge in [-0.2, -0.15) is 0 Å². The van der Waals surface area contributed by atoms with Crippen LogP contribution in [-0.2, 0) is 9.59 Å². The molecule has 0 atom stereocenters. The standard InChI is InChI=1S/C13H11IN2O3S/c1-15-11(18)8(12(19)16(2)13(15)20)5-7-3-4-10(17)9(14)6-7/h3-6,17H,1-2H3. The predicted octanol–water partition coefficient (Wildman–Crippen LogP) is 1.60. The van der Waals surface area contributed by atoms with Crippen LogP contribution < -0.4 is 0 Å². The van der Waals surface area contributed by atoms with E-state index in [4.69, 9.17) is 12.2 Å². The van der Waals surface area contributed by atoms with Gasteiger partial charge in [0.05, 0.1) is 3.57 Å². The molecule has 7 heteroatoms. The first kappa shape index (κ1) is 14.9. The maximum absolute atomic E-state index is 12.1. The van der Waals surface area contributed by atoms with Gasteiger partial charge in [0.2, 0.25) is 0 Å². The summed E-state index contributed by atoms with van der Waals surface area (Å²) in [6.45, 7) is 0. The van der Waals surface area contributed by atoms with Gasteiger partial charge in [0.15, 0.2) is 5.11 Å². The van der Waals surface area contributed by atoms with Crippen molar-refractivity contribution in [1.29, 1.82) is 0 Å². The van der Waals surface area contributed by atoms with Crippen LogP contribution in [0.2, 0.25) is 0 Å². The molecule has 1 saturated heterocycles. The maximum atomic E-state index is 12.1. The molecule has 1 N–H and O–H groups in total. The van der Waals surface area contributed by atoms with Crippen LogP contribution >= 0.6 is 34.8 Å². The predicted molar refractivity (Wildman–Crippen MR) is 86.9 cm³/mol. The summed E-state index contributed by atoms with van der Waals surface area (Å²) in [7, 11) is 3.06. The van der Waals surface area contributed by atoms with Crippen LogP contribution in [-0.4, -0.2) is 45.9 Å². The van der Waals surface area contributed by atoms with Gasteiger partial charge in [-0.3, -0.25) is 19.4 Å². The number of benzene rings is 1. The second-order valence-electron chi connectivity index (χ2n) is 4.28. The second-order valence-corrected chi connectivity index (χ2v) is 5.81. The summed E-state index contributed by atoms with van der Waals surface area (Å²) < 4.78 is 0.643. The normalized spacial score (nSPS) is 15.9. The number of phenols is 1. The minimum atomic E-state index is -0.429. The zero-order valence-electron chi connectivity index (χ0n) is 10.8. The van der Waals surface area contributed by atoms with Gasteiger partial charge in [-0.25, -0.2) is 0 Å². The number of aromatic hydroxyl groups is 1. The molecule has 1 aromatic rings. The van der Waals surface area contributed by atoms with Gasteiger partial charge in [-0.05, 0) is 58.6 Å². The third-order valence-corrected chi connectivity index (χ3v) is 4.34. The van der Waals surface area contributed by atoms with Crippen molar-refractivity contribution < 1.29 is 14.7 Å². The fourth-order valence-corrected chi connectivity index (χ4v) is 2.46. The Hall–Kier alpha value is -1.48. The maximum Gasteiger partial charge on any atom is 0.265 e. The van der Waals surface area contributed by atoms with Crippen molar-refractivity contribution in [3.05, 3.63) is 32.9 Å². The molecule has 0 unspecified atom stereocenters. The van der Waals surface area contributed by atoms with Gasteiger partial charge < -0.3 is 5.11 Å². The Labute approximate surface area is 135 Å². The zero-order chi connectivity index (χ0) is 15.0. The second kappa shape index (κ2) is 5.49. The molecule has 1 aliphatic heterocycles. The van der Waals surface area contributed by atoms with E-state index >= 15 is 0 Å². The molecule has 2 rings (SSSR count). The van der Waals surface area contributed by atoms with Gasteiger partial charge in [-0.1, -0.05) is 6.07 Å². The van der Waals surface area contributed by atoms with Gasteiger partial charge >= 0.3 is 0 Å². The minimum absolute atomic E-state index is 0.0464. The number of amides is 2. The van der Waals surface area contributed by atoms with Gasteiger partial charge in [0, 0.05) is 14.1 Å². The highest BCUT2D eigenvalue weighted by atomic mass is 127. The number of rotatable bonds is 1. The molecule has 0 radical (unpaired) electrons. The Balaban J connectivity index is 2.46. The van der Waals surface area contributed by atoms with Gasteiger partial charge in [0.25, 0.3) is 11.8 Å². The molecule has 104 valence electrons. The van der Waals surface area contributed by atoms with E-state index in [-0.39, 0.29) is 16.4 Å². The molecule has 5 nitrogen and oxygen atoms in total. The Kier molecular flexibility index (Phi) is 4.09. The fourth-order valence-electron chi connectivity index (χ4n) is 1.75. The van der Waals surface area contributed by atoms with Crippen molar-refractivity contribution in [3.63, 3.8) is 0 Å². The molecule has 0 aliphatic carbocycles. The molecule has 1 heterocycles. The van der Waals surface area contributed by atoms with E-state index in [2.05, 4.69) is 0 Å². The van der Waals surface area contributed by atoms with Crippen LogP contribution in [0.4, 0.5) is 0 Å². The van der Waals surface area contributed by atoms with Crippen molar-refractivity contribution in [1.82, 2.24) is 9.80 Å². The molecule has 2 amide bonds.